The Balaban J connectivity index is 1.49. The molecule has 0 saturated heterocycles. The van der Waals surface area contributed by atoms with Crippen molar-refractivity contribution in [2.75, 3.05) is 4.90 Å². The van der Waals surface area contributed by atoms with Crippen molar-refractivity contribution in [2.45, 2.75) is 31.9 Å². The highest BCUT2D eigenvalue weighted by atomic mass is 79.9. The average Bonchev–Trinajstić information content (AvgIpc) is 3.58. The van der Waals surface area contributed by atoms with Gasteiger partial charge < -0.3 is 9.67 Å². The summed E-state index contributed by atoms with van der Waals surface area (Å²) in [5, 5.41) is 17.9. The lowest BCUT2D eigenvalue weighted by molar-refractivity contribution is 0.0995. The number of amides is 1. The van der Waals surface area contributed by atoms with Gasteiger partial charge in [-0.1, -0.05) is 28.1 Å². The molecule has 1 aliphatic heterocycles. The number of hydrogen-bond donors (Lipinski definition) is 1. The van der Waals surface area contributed by atoms with Crippen molar-refractivity contribution < 1.29 is 9.90 Å². The number of benzene rings is 2. The SMILES string of the molecule is [C-]#[N+]c1ccc(-c2cc(C3CC3)nc(N3Cc4c(Br)cc(CO)cc4C3=O)c2)c(-c2nncn2C)c1. The van der Waals surface area contributed by atoms with Crippen molar-refractivity contribution in [1.82, 2.24) is 19.7 Å². The van der Waals surface area contributed by atoms with E-state index in [2.05, 4.69) is 37.0 Å². The third-order valence-electron chi connectivity index (χ3n) is 6.73. The van der Waals surface area contributed by atoms with E-state index in [-0.39, 0.29) is 12.5 Å². The van der Waals surface area contributed by atoms with Gasteiger partial charge in [0.2, 0.25) is 0 Å². The van der Waals surface area contributed by atoms with Crippen LogP contribution >= 0.6 is 15.9 Å². The second-order valence-electron chi connectivity index (χ2n) is 9.17. The highest BCUT2D eigenvalue weighted by Crippen LogP contribution is 2.44. The van der Waals surface area contributed by atoms with Crippen LogP contribution in [0.2, 0.25) is 0 Å². The fraction of sp³-hybridized carbons (Fsp3) is 0.222. The molecular weight excluding hydrogens is 520 g/mol. The van der Waals surface area contributed by atoms with Gasteiger partial charge in [-0.3, -0.25) is 9.69 Å². The molecule has 2 aliphatic rings. The summed E-state index contributed by atoms with van der Waals surface area (Å²) in [7, 11) is 1.87. The zero-order chi connectivity index (χ0) is 25.0. The maximum absolute atomic E-state index is 13.5. The Morgan fingerprint density at radius 2 is 1.97 bits per heavy atom. The topological polar surface area (TPSA) is 88.5 Å². The number of fused-ring (bicyclic) bond motifs is 1. The monoisotopic (exact) mass is 540 g/mol. The molecule has 4 aromatic rings. The molecule has 0 unspecified atom stereocenters. The maximum atomic E-state index is 13.5. The van der Waals surface area contributed by atoms with E-state index < -0.39 is 0 Å². The summed E-state index contributed by atoms with van der Waals surface area (Å²) in [5.74, 6) is 1.49. The Bertz CT molecular complexity index is 1580. The molecule has 1 saturated carbocycles. The van der Waals surface area contributed by atoms with Crippen molar-refractivity contribution in [1.29, 1.82) is 0 Å². The Kier molecular flexibility index (Phi) is 5.43. The average molecular weight is 541 g/mol. The molecule has 8 nitrogen and oxygen atoms in total. The molecule has 1 fully saturated rings. The van der Waals surface area contributed by atoms with Crippen molar-refractivity contribution in [3.63, 3.8) is 0 Å². The molecule has 0 atom stereocenters. The largest absolute Gasteiger partial charge is 0.392 e. The first-order valence-corrected chi connectivity index (χ1v) is 12.4. The summed E-state index contributed by atoms with van der Waals surface area (Å²) in [6.07, 6.45) is 3.78. The second kappa shape index (κ2) is 8.66. The molecular formula is C27H21BrN6O2. The van der Waals surface area contributed by atoms with E-state index in [1.54, 1.807) is 23.4 Å². The lowest BCUT2D eigenvalue weighted by Gasteiger charge is -2.18. The van der Waals surface area contributed by atoms with Crippen LogP contribution in [0.5, 0.6) is 0 Å². The standard InChI is InChI=1S/C27H21BrN6O2/c1-29-18-5-6-19(20(11-18)26-32-30-14-33(26)2)17-9-24(16-3-4-16)31-25(10-17)34-12-22-21(27(34)36)7-15(13-35)8-23(22)28/h5-11,14,16,35H,3-4,12-13H2,2H3. The second-order valence-corrected chi connectivity index (χ2v) is 10.0. The predicted octanol–water partition coefficient (Wildman–Crippen LogP) is 5.39. The molecule has 0 radical (unpaired) electrons. The van der Waals surface area contributed by atoms with E-state index in [1.807, 2.05) is 35.9 Å². The highest BCUT2D eigenvalue weighted by Gasteiger charge is 2.33. The first kappa shape index (κ1) is 22.6. The Labute approximate surface area is 216 Å². The molecule has 0 bridgehead atoms. The van der Waals surface area contributed by atoms with Crippen LogP contribution in [0, 0.1) is 6.57 Å². The van der Waals surface area contributed by atoms with Gasteiger partial charge in [-0.25, -0.2) is 9.83 Å². The number of rotatable bonds is 5. The van der Waals surface area contributed by atoms with E-state index in [4.69, 9.17) is 11.6 Å². The zero-order valence-corrected chi connectivity index (χ0v) is 21.0. The number of nitrogens with zero attached hydrogens (tertiary/aromatic N) is 6. The molecule has 178 valence electrons. The number of aromatic nitrogens is 4. The number of halogens is 1. The Hall–Kier alpha value is -3.87. The lowest BCUT2D eigenvalue weighted by atomic mass is 9.97. The third-order valence-corrected chi connectivity index (χ3v) is 7.44. The molecule has 36 heavy (non-hydrogen) atoms. The summed E-state index contributed by atoms with van der Waals surface area (Å²) in [4.78, 5) is 23.7. The Morgan fingerprint density at radius 1 is 1.14 bits per heavy atom. The Morgan fingerprint density at radius 3 is 2.67 bits per heavy atom. The number of pyridine rings is 1. The predicted molar refractivity (Wildman–Crippen MR) is 138 cm³/mol. The summed E-state index contributed by atoms with van der Waals surface area (Å²) in [6, 6.07) is 13.2. The van der Waals surface area contributed by atoms with E-state index in [0.29, 0.717) is 40.9 Å². The first-order chi connectivity index (χ1) is 17.5. The fourth-order valence-electron chi connectivity index (χ4n) is 4.68. The minimum Gasteiger partial charge on any atom is -0.392 e. The first-order valence-electron chi connectivity index (χ1n) is 11.6. The fourth-order valence-corrected chi connectivity index (χ4v) is 5.31. The smallest absolute Gasteiger partial charge is 0.260 e. The van der Waals surface area contributed by atoms with Crippen LogP contribution in [0.25, 0.3) is 27.4 Å². The minimum atomic E-state index is -0.135. The zero-order valence-electron chi connectivity index (χ0n) is 19.4. The number of aliphatic hydroxyl groups is 1. The van der Waals surface area contributed by atoms with Gasteiger partial charge in [0.15, 0.2) is 11.5 Å². The normalized spacial score (nSPS) is 14.7. The van der Waals surface area contributed by atoms with Gasteiger partial charge in [-0.2, -0.15) is 0 Å². The van der Waals surface area contributed by atoms with Gasteiger partial charge in [-0.15, -0.1) is 10.2 Å². The summed E-state index contributed by atoms with van der Waals surface area (Å²) >= 11 is 3.57. The van der Waals surface area contributed by atoms with E-state index >= 15 is 0 Å². The molecule has 6 rings (SSSR count). The van der Waals surface area contributed by atoms with Crippen LogP contribution < -0.4 is 4.90 Å². The molecule has 1 aliphatic carbocycles. The maximum Gasteiger partial charge on any atom is 0.260 e. The van der Waals surface area contributed by atoms with Crippen LogP contribution in [-0.2, 0) is 20.2 Å². The summed E-state index contributed by atoms with van der Waals surface area (Å²) in [6.45, 7) is 7.74. The van der Waals surface area contributed by atoms with Crippen LogP contribution in [-0.4, -0.2) is 30.8 Å². The number of aliphatic hydroxyl groups excluding tert-OH is 1. The highest BCUT2D eigenvalue weighted by molar-refractivity contribution is 9.10. The van der Waals surface area contributed by atoms with Gasteiger partial charge >= 0.3 is 0 Å². The van der Waals surface area contributed by atoms with Gasteiger partial charge in [0.05, 0.1) is 19.7 Å². The number of carbonyl (C=O) groups is 1. The van der Waals surface area contributed by atoms with Crippen LogP contribution in [0.3, 0.4) is 0 Å². The van der Waals surface area contributed by atoms with E-state index in [9.17, 15) is 9.90 Å². The van der Waals surface area contributed by atoms with E-state index in [0.717, 1.165) is 45.3 Å². The van der Waals surface area contributed by atoms with Crippen molar-refractivity contribution in [3.8, 4) is 22.5 Å². The quantitative estimate of drug-likeness (QED) is 0.343. The molecule has 0 spiro atoms. The number of carbonyl (C=O) groups excluding carboxylic acids is 1. The van der Waals surface area contributed by atoms with Gasteiger partial charge in [0, 0.05) is 34.3 Å². The van der Waals surface area contributed by atoms with Crippen molar-refractivity contribution >= 4 is 33.3 Å². The molecule has 2 aromatic carbocycles. The van der Waals surface area contributed by atoms with Gasteiger partial charge in [0.25, 0.3) is 5.91 Å². The molecule has 9 heteroatoms. The summed E-state index contributed by atoms with van der Waals surface area (Å²) < 4.78 is 2.63. The number of anilines is 1. The minimum absolute atomic E-state index is 0.135. The van der Waals surface area contributed by atoms with Crippen molar-refractivity contribution in [2.24, 2.45) is 7.05 Å². The van der Waals surface area contributed by atoms with E-state index in [1.165, 1.54) is 0 Å². The third kappa shape index (κ3) is 3.79. The molecule has 1 amide bonds. The number of hydrogen-bond acceptors (Lipinski definition) is 5. The van der Waals surface area contributed by atoms with Gasteiger partial charge in [-0.05, 0) is 65.4 Å². The molecule has 3 heterocycles. The van der Waals surface area contributed by atoms with Crippen LogP contribution in [0.1, 0.15) is 45.9 Å². The van der Waals surface area contributed by atoms with Gasteiger partial charge in [0.1, 0.15) is 12.1 Å². The number of aryl methyl sites for hydroxylation is 1. The molecule has 2 aromatic heterocycles. The summed E-state index contributed by atoms with van der Waals surface area (Å²) in [5.41, 5.74) is 6.24. The van der Waals surface area contributed by atoms with Crippen molar-refractivity contribution in [3.05, 3.63) is 87.1 Å². The van der Waals surface area contributed by atoms with Crippen LogP contribution in [0.15, 0.2) is 53.3 Å². The van der Waals surface area contributed by atoms with Crippen LogP contribution in [0.4, 0.5) is 11.5 Å². The molecule has 1 N–H and O–H groups in total. The lowest BCUT2D eigenvalue weighted by Crippen LogP contribution is -2.24.